The molecule has 1 aromatic heterocycles. The number of hydrogen-bond acceptors (Lipinski definition) is 5. The minimum Gasteiger partial charge on any atom is -0.480 e. The van der Waals surface area contributed by atoms with E-state index in [1.54, 1.807) is 20.8 Å². The maximum absolute atomic E-state index is 12.0. The van der Waals surface area contributed by atoms with Gasteiger partial charge in [0.15, 0.2) is 0 Å². The predicted octanol–water partition coefficient (Wildman–Crippen LogP) is 0.00320. The molecule has 0 bridgehead atoms. The number of carboxylic acid groups (broad SMARTS) is 1. The number of ether oxygens (including phenoxy) is 1. The second kappa shape index (κ2) is 6.50. The fourth-order valence-corrected chi connectivity index (χ4v) is 2.64. The summed E-state index contributed by atoms with van der Waals surface area (Å²) >= 11 is 0. The third-order valence-corrected chi connectivity index (χ3v) is 3.61. The molecule has 24 heavy (non-hydrogen) atoms. The highest BCUT2D eigenvalue weighted by Gasteiger charge is 2.27. The van der Waals surface area contributed by atoms with Crippen molar-refractivity contribution in [2.75, 3.05) is 0 Å². The lowest BCUT2D eigenvalue weighted by molar-refractivity contribution is -0.139. The van der Waals surface area contributed by atoms with Gasteiger partial charge in [-0.15, -0.1) is 0 Å². The average Bonchev–Trinajstić information content (AvgIpc) is 2.89. The van der Waals surface area contributed by atoms with Crippen molar-refractivity contribution in [2.45, 2.75) is 58.2 Å². The van der Waals surface area contributed by atoms with E-state index in [9.17, 15) is 24.3 Å². The zero-order chi connectivity index (χ0) is 18.1. The van der Waals surface area contributed by atoms with Gasteiger partial charge >= 0.3 is 17.8 Å². The van der Waals surface area contributed by atoms with Gasteiger partial charge in [-0.2, -0.15) is 0 Å². The first-order chi connectivity index (χ1) is 11.1. The van der Waals surface area contributed by atoms with Gasteiger partial charge < -0.3 is 15.2 Å². The Kier molecular flexibility index (Phi) is 4.81. The molecule has 3 N–H and O–H groups in total. The van der Waals surface area contributed by atoms with Gasteiger partial charge in [0.25, 0.3) is 5.56 Å². The number of carbonyl (C=O) groups is 2. The minimum atomic E-state index is -1.35. The van der Waals surface area contributed by atoms with Gasteiger partial charge in [0.1, 0.15) is 11.6 Å². The van der Waals surface area contributed by atoms with E-state index in [4.69, 9.17) is 4.74 Å². The molecule has 0 spiro atoms. The van der Waals surface area contributed by atoms with Crippen LogP contribution in [0.25, 0.3) is 0 Å². The van der Waals surface area contributed by atoms with Gasteiger partial charge in [0.2, 0.25) is 0 Å². The number of nitrogens with one attached hydrogen (secondary N) is 2. The Morgan fingerprint density at radius 1 is 1.33 bits per heavy atom. The molecule has 1 atom stereocenters. The molecule has 9 heteroatoms. The number of carbonyl (C=O) groups excluding carboxylic acids is 1. The summed E-state index contributed by atoms with van der Waals surface area (Å²) in [4.78, 5) is 49.2. The van der Waals surface area contributed by atoms with Crippen LogP contribution in [0.2, 0.25) is 0 Å². The standard InChI is InChI=1S/C15H21N3O6/c1-15(2,3)24-14(23)16-9(12(20)21)7-18-10-6-4-5-8(10)11(19)17-13(18)22/h9H,4-7H2,1-3H3,(H,16,23)(H,20,21)(H,17,19,22)/t9-/m0/s1. The summed E-state index contributed by atoms with van der Waals surface area (Å²) in [5, 5.41) is 11.6. The molecule has 0 saturated carbocycles. The van der Waals surface area contributed by atoms with E-state index in [-0.39, 0.29) is 6.54 Å². The van der Waals surface area contributed by atoms with E-state index >= 15 is 0 Å². The lowest BCUT2D eigenvalue weighted by Gasteiger charge is -2.22. The molecule has 1 aliphatic rings. The van der Waals surface area contributed by atoms with E-state index in [0.717, 1.165) is 6.42 Å². The van der Waals surface area contributed by atoms with Gasteiger partial charge in [-0.1, -0.05) is 0 Å². The Bertz CT molecular complexity index is 771. The monoisotopic (exact) mass is 339 g/mol. The fourth-order valence-electron chi connectivity index (χ4n) is 2.64. The SMILES string of the molecule is CC(C)(C)OC(=O)N[C@@H](Cn1c2c(c(=O)[nH]c1=O)CCC2)C(=O)O. The highest BCUT2D eigenvalue weighted by molar-refractivity contribution is 5.79. The van der Waals surface area contributed by atoms with Crippen LogP contribution in [-0.2, 0) is 28.9 Å². The van der Waals surface area contributed by atoms with Crippen LogP contribution in [-0.4, -0.2) is 38.4 Å². The molecule has 0 aromatic carbocycles. The number of nitrogens with zero attached hydrogens (tertiary/aromatic N) is 1. The number of aromatic nitrogens is 2. The molecular weight excluding hydrogens is 318 g/mol. The van der Waals surface area contributed by atoms with Gasteiger partial charge in [-0.25, -0.2) is 14.4 Å². The van der Waals surface area contributed by atoms with Crippen molar-refractivity contribution < 1.29 is 19.4 Å². The van der Waals surface area contributed by atoms with Gasteiger partial charge in [0, 0.05) is 11.3 Å². The number of aliphatic carboxylic acids is 1. The zero-order valence-electron chi connectivity index (χ0n) is 13.8. The van der Waals surface area contributed by atoms with Gasteiger partial charge in [-0.3, -0.25) is 14.3 Å². The molecule has 1 heterocycles. The molecule has 1 amide bonds. The average molecular weight is 339 g/mol. The summed E-state index contributed by atoms with van der Waals surface area (Å²) in [6.07, 6.45) is 0.901. The highest BCUT2D eigenvalue weighted by Crippen LogP contribution is 2.16. The molecule has 2 rings (SSSR count). The van der Waals surface area contributed by atoms with E-state index in [2.05, 4.69) is 10.3 Å². The molecular formula is C15H21N3O6. The number of fused-ring (bicyclic) bond motifs is 1. The topological polar surface area (TPSA) is 130 Å². The third-order valence-electron chi connectivity index (χ3n) is 3.61. The quantitative estimate of drug-likeness (QED) is 0.708. The van der Waals surface area contributed by atoms with Gasteiger partial charge in [-0.05, 0) is 40.0 Å². The number of rotatable bonds is 4. The van der Waals surface area contributed by atoms with E-state index in [0.29, 0.717) is 24.1 Å². The van der Waals surface area contributed by atoms with Crippen molar-refractivity contribution in [1.82, 2.24) is 14.9 Å². The van der Waals surface area contributed by atoms with Gasteiger partial charge in [0.05, 0.1) is 6.54 Å². The van der Waals surface area contributed by atoms with Crippen molar-refractivity contribution in [3.63, 3.8) is 0 Å². The first kappa shape index (κ1) is 17.8. The molecule has 9 nitrogen and oxygen atoms in total. The molecule has 1 aromatic rings. The normalized spacial score (nSPS) is 14.8. The number of H-pyrrole nitrogens is 1. The maximum Gasteiger partial charge on any atom is 0.408 e. The summed E-state index contributed by atoms with van der Waals surface area (Å²) in [7, 11) is 0. The number of aromatic amines is 1. The molecule has 0 aliphatic heterocycles. The molecule has 1 aliphatic carbocycles. The smallest absolute Gasteiger partial charge is 0.408 e. The first-order valence-corrected chi connectivity index (χ1v) is 7.65. The van der Waals surface area contributed by atoms with Crippen molar-refractivity contribution in [3.05, 3.63) is 32.1 Å². The van der Waals surface area contributed by atoms with Crippen LogP contribution in [0, 0.1) is 0 Å². The lowest BCUT2D eigenvalue weighted by atomic mass is 10.2. The number of amides is 1. The minimum absolute atomic E-state index is 0.285. The van der Waals surface area contributed by atoms with Crippen LogP contribution in [0.4, 0.5) is 4.79 Å². The van der Waals surface area contributed by atoms with Crippen LogP contribution in [0.3, 0.4) is 0 Å². The Labute approximate surface area is 137 Å². The maximum atomic E-state index is 12.0. The summed E-state index contributed by atoms with van der Waals surface area (Å²) in [5.41, 5.74) is -0.867. The Balaban J connectivity index is 2.25. The second-order valence-electron chi connectivity index (χ2n) is 6.69. The van der Waals surface area contributed by atoms with E-state index in [1.165, 1.54) is 4.57 Å². The van der Waals surface area contributed by atoms with Crippen LogP contribution in [0.5, 0.6) is 0 Å². The second-order valence-corrected chi connectivity index (χ2v) is 6.69. The summed E-state index contributed by atoms with van der Waals surface area (Å²) in [5.74, 6) is -1.30. The molecule has 0 radical (unpaired) electrons. The molecule has 0 unspecified atom stereocenters. The number of carboxylic acids is 1. The number of alkyl carbamates (subject to hydrolysis) is 1. The zero-order valence-corrected chi connectivity index (χ0v) is 13.8. The summed E-state index contributed by atoms with van der Waals surface area (Å²) in [6.45, 7) is 4.68. The fraction of sp³-hybridized carbons (Fsp3) is 0.600. The van der Waals surface area contributed by atoms with Crippen LogP contribution < -0.4 is 16.6 Å². The summed E-state index contributed by atoms with van der Waals surface area (Å²) in [6, 6.07) is -1.35. The van der Waals surface area contributed by atoms with Crippen molar-refractivity contribution in [1.29, 1.82) is 0 Å². The van der Waals surface area contributed by atoms with Crippen LogP contribution >= 0.6 is 0 Å². The van der Waals surface area contributed by atoms with Crippen molar-refractivity contribution >= 4 is 12.1 Å². The molecule has 0 fully saturated rings. The molecule has 0 saturated heterocycles. The summed E-state index contributed by atoms with van der Waals surface area (Å²) < 4.78 is 6.25. The Morgan fingerprint density at radius 2 is 2.00 bits per heavy atom. The third kappa shape index (κ3) is 4.03. The highest BCUT2D eigenvalue weighted by atomic mass is 16.6. The van der Waals surface area contributed by atoms with E-state index in [1.807, 2.05) is 0 Å². The number of hydrogen-bond donors (Lipinski definition) is 3. The van der Waals surface area contributed by atoms with Crippen LogP contribution in [0.1, 0.15) is 38.4 Å². The van der Waals surface area contributed by atoms with Crippen molar-refractivity contribution in [3.8, 4) is 0 Å². The van der Waals surface area contributed by atoms with E-state index < -0.39 is 35.0 Å². The lowest BCUT2D eigenvalue weighted by Crippen LogP contribution is -2.48. The predicted molar refractivity (Wildman–Crippen MR) is 84.1 cm³/mol. The Hall–Kier alpha value is -2.58. The Morgan fingerprint density at radius 3 is 2.58 bits per heavy atom. The first-order valence-electron chi connectivity index (χ1n) is 7.65. The van der Waals surface area contributed by atoms with Crippen LogP contribution in [0.15, 0.2) is 9.59 Å². The van der Waals surface area contributed by atoms with Crippen molar-refractivity contribution in [2.24, 2.45) is 0 Å². The largest absolute Gasteiger partial charge is 0.480 e. The molecule has 132 valence electrons.